The summed E-state index contributed by atoms with van der Waals surface area (Å²) in [4.78, 5) is 0. The van der Waals surface area contributed by atoms with Gasteiger partial charge in [-0.2, -0.15) is 0 Å². The Kier molecular flexibility index (Phi) is 2.07. The van der Waals surface area contributed by atoms with Gasteiger partial charge in [-0.1, -0.05) is 6.92 Å². The molecule has 2 nitrogen and oxygen atoms in total. The van der Waals surface area contributed by atoms with Gasteiger partial charge in [-0.25, -0.2) is 0 Å². The summed E-state index contributed by atoms with van der Waals surface area (Å²) in [5.74, 6) is 0. The van der Waals surface area contributed by atoms with Crippen molar-refractivity contribution < 1.29 is 9.31 Å². The van der Waals surface area contributed by atoms with Crippen LogP contribution in [-0.4, -0.2) is 18.3 Å². The molecule has 14 heavy (non-hydrogen) atoms. The molecule has 0 spiro atoms. The Morgan fingerprint density at radius 1 is 0.929 bits per heavy atom. The van der Waals surface area contributed by atoms with Crippen molar-refractivity contribution in [2.24, 2.45) is 5.41 Å². The largest absolute Gasteiger partial charge is 0.458 e. The Hall–Kier alpha value is -0.0151. The van der Waals surface area contributed by atoms with Crippen LogP contribution in [0.4, 0.5) is 0 Å². The van der Waals surface area contributed by atoms with Gasteiger partial charge in [-0.05, 0) is 52.3 Å². The molecule has 0 atom stereocenters. The van der Waals surface area contributed by atoms with Gasteiger partial charge in [0.1, 0.15) is 0 Å². The minimum absolute atomic E-state index is 0.00694. The second-order valence-electron chi connectivity index (χ2n) is 6.20. The lowest BCUT2D eigenvalue weighted by Crippen LogP contribution is -2.41. The average molecular weight is 196 g/mol. The minimum atomic E-state index is -0.164. The van der Waals surface area contributed by atoms with E-state index in [9.17, 15) is 0 Å². The standard InChI is InChI=1S/C11H21BO2/c1-9(2)10(3,4)14-12(13-9)8-11(5)6-7-11/h6-8H2,1-5H3. The van der Waals surface area contributed by atoms with Crippen molar-refractivity contribution in [1.82, 2.24) is 0 Å². The smallest absolute Gasteiger partial charge is 0.403 e. The topological polar surface area (TPSA) is 18.5 Å². The van der Waals surface area contributed by atoms with Gasteiger partial charge < -0.3 is 9.31 Å². The molecule has 1 aliphatic heterocycles. The Balaban J connectivity index is 1.99. The van der Waals surface area contributed by atoms with Crippen molar-refractivity contribution in [3.63, 3.8) is 0 Å². The van der Waals surface area contributed by atoms with E-state index in [-0.39, 0.29) is 18.3 Å². The molecular weight excluding hydrogens is 175 g/mol. The summed E-state index contributed by atoms with van der Waals surface area (Å²) in [6, 6.07) is 0. The SMILES string of the molecule is CC1(CB2OC(C)(C)C(C)(C)O2)CC1. The first-order valence-corrected chi connectivity index (χ1v) is 5.60. The van der Waals surface area contributed by atoms with E-state index in [2.05, 4.69) is 34.6 Å². The van der Waals surface area contributed by atoms with Gasteiger partial charge in [0.15, 0.2) is 0 Å². The Morgan fingerprint density at radius 2 is 1.36 bits per heavy atom. The third-order valence-electron chi connectivity index (χ3n) is 4.07. The fourth-order valence-corrected chi connectivity index (χ4v) is 1.87. The molecule has 2 aliphatic rings. The minimum Gasteiger partial charge on any atom is -0.403 e. The van der Waals surface area contributed by atoms with Gasteiger partial charge in [0.2, 0.25) is 0 Å². The van der Waals surface area contributed by atoms with Gasteiger partial charge in [0.25, 0.3) is 0 Å². The monoisotopic (exact) mass is 196 g/mol. The zero-order chi connectivity index (χ0) is 10.6. The fraction of sp³-hybridized carbons (Fsp3) is 1.00. The van der Waals surface area contributed by atoms with Crippen LogP contribution in [0.5, 0.6) is 0 Å². The molecule has 0 radical (unpaired) electrons. The molecule has 0 aromatic carbocycles. The predicted octanol–water partition coefficient (Wildman–Crippen LogP) is 2.88. The molecule has 1 aliphatic carbocycles. The predicted molar refractivity (Wildman–Crippen MR) is 58.2 cm³/mol. The van der Waals surface area contributed by atoms with Crippen molar-refractivity contribution in [2.75, 3.05) is 0 Å². The highest BCUT2D eigenvalue weighted by molar-refractivity contribution is 6.45. The van der Waals surface area contributed by atoms with Crippen LogP contribution in [0.2, 0.25) is 6.32 Å². The highest BCUT2D eigenvalue weighted by Crippen LogP contribution is 2.51. The molecule has 0 unspecified atom stereocenters. The van der Waals surface area contributed by atoms with Crippen LogP contribution in [-0.2, 0) is 9.31 Å². The summed E-state index contributed by atoms with van der Waals surface area (Å²) in [5.41, 5.74) is 0.174. The first-order chi connectivity index (χ1) is 6.24. The Bertz CT molecular complexity index is 228. The molecular formula is C11H21BO2. The first kappa shape index (κ1) is 10.5. The lowest BCUT2D eigenvalue weighted by molar-refractivity contribution is 0.00578. The van der Waals surface area contributed by atoms with Crippen molar-refractivity contribution in [2.45, 2.75) is 65.0 Å². The van der Waals surface area contributed by atoms with Crippen molar-refractivity contribution in [1.29, 1.82) is 0 Å². The quantitative estimate of drug-likeness (QED) is 0.632. The van der Waals surface area contributed by atoms with Crippen LogP contribution in [0.1, 0.15) is 47.5 Å². The van der Waals surface area contributed by atoms with E-state index >= 15 is 0 Å². The van der Waals surface area contributed by atoms with E-state index in [0.717, 1.165) is 6.32 Å². The maximum Gasteiger partial charge on any atom is 0.458 e. The van der Waals surface area contributed by atoms with E-state index in [1.807, 2.05) is 0 Å². The Labute approximate surface area is 87.5 Å². The Morgan fingerprint density at radius 3 is 1.71 bits per heavy atom. The summed E-state index contributed by atoms with van der Waals surface area (Å²) < 4.78 is 11.9. The highest BCUT2D eigenvalue weighted by Gasteiger charge is 2.54. The highest BCUT2D eigenvalue weighted by atomic mass is 16.7. The number of hydrogen-bond acceptors (Lipinski definition) is 2. The van der Waals surface area contributed by atoms with Gasteiger partial charge in [0.05, 0.1) is 11.2 Å². The average Bonchev–Trinajstić information content (AvgIpc) is 2.59. The molecule has 0 aromatic rings. The normalized spacial score (nSPS) is 31.9. The van der Waals surface area contributed by atoms with E-state index in [1.54, 1.807) is 0 Å². The van der Waals surface area contributed by atoms with Crippen molar-refractivity contribution >= 4 is 7.12 Å². The molecule has 80 valence electrons. The lowest BCUT2D eigenvalue weighted by atomic mass is 9.76. The van der Waals surface area contributed by atoms with Gasteiger partial charge in [0, 0.05) is 0 Å². The third kappa shape index (κ3) is 1.72. The summed E-state index contributed by atoms with van der Waals surface area (Å²) >= 11 is 0. The fourth-order valence-electron chi connectivity index (χ4n) is 1.87. The van der Waals surface area contributed by atoms with Crippen molar-refractivity contribution in [3.05, 3.63) is 0 Å². The molecule has 1 saturated heterocycles. The van der Waals surface area contributed by atoms with E-state index < -0.39 is 0 Å². The molecule has 2 rings (SSSR count). The van der Waals surface area contributed by atoms with Gasteiger partial charge in [-0.3, -0.25) is 0 Å². The van der Waals surface area contributed by atoms with Crippen LogP contribution in [0.25, 0.3) is 0 Å². The third-order valence-corrected chi connectivity index (χ3v) is 4.07. The summed E-state index contributed by atoms with van der Waals surface area (Å²) in [6.45, 7) is 10.8. The van der Waals surface area contributed by atoms with Crippen molar-refractivity contribution in [3.8, 4) is 0 Å². The maximum absolute atomic E-state index is 5.96. The van der Waals surface area contributed by atoms with E-state index in [0.29, 0.717) is 5.41 Å². The van der Waals surface area contributed by atoms with Crippen LogP contribution < -0.4 is 0 Å². The van der Waals surface area contributed by atoms with Crippen LogP contribution in [0.15, 0.2) is 0 Å². The number of hydrogen-bond donors (Lipinski definition) is 0. The van der Waals surface area contributed by atoms with Gasteiger partial charge in [-0.15, -0.1) is 0 Å². The molecule has 0 N–H and O–H groups in total. The number of rotatable bonds is 2. The maximum atomic E-state index is 5.96. The van der Waals surface area contributed by atoms with Crippen LogP contribution in [0, 0.1) is 5.41 Å². The van der Waals surface area contributed by atoms with E-state index in [1.165, 1.54) is 12.8 Å². The first-order valence-electron chi connectivity index (χ1n) is 5.60. The molecule has 3 heteroatoms. The molecule has 0 amide bonds. The zero-order valence-corrected chi connectivity index (χ0v) is 10.0. The molecule has 0 bridgehead atoms. The summed E-state index contributed by atoms with van der Waals surface area (Å²) in [5, 5.41) is 0. The van der Waals surface area contributed by atoms with Gasteiger partial charge >= 0.3 is 7.12 Å². The summed E-state index contributed by atoms with van der Waals surface area (Å²) in [7, 11) is 0.00694. The zero-order valence-electron chi connectivity index (χ0n) is 10.0. The summed E-state index contributed by atoms with van der Waals surface area (Å²) in [6.07, 6.45) is 3.72. The molecule has 1 saturated carbocycles. The molecule has 1 heterocycles. The second-order valence-corrected chi connectivity index (χ2v) is 6.20. The van der Waals surface area contributed by atoms with Crippen LogP contribution in [0.3, 0.4) is 0 Å². The molecule has 2 fully saturated rings. The molecule has 0 aromatic heterocycles. The lowest BCUT2D eigenvalue weighted by Gasteiger charge is -2.32. The van der Waals surface area contributed by atoms with Crippen LogP contribution >= 0.6 is 0 Å². The van der Waals surface area contributed by atoms with E-state index in [4.69, 9.17) is 9.31 Å². The second kappa shape index (κ2) is 2.76.